The number of hydrogen-bond acceptors (Lipinski definition) is 3. The number of likely N-dealkylation sites (tertiary alicyclic amines) is 1. The lowest BCUT2D eigenvalue weighted by molar-refractivity contribution is 0.195. The van der Waals surface area contributed by atoms with Gasteiger partial charge in [0.2, 0.25) is 0 Å². The largest absolute Gasteiger partial charge is 0.338 e. The maximum Gasteiger partial charge on any atom is 0.112 e. The van der Waals surface area contributed by atoms with Gasteiger partial charge in [0.1, 0.15) is 5.82 Å². The number of nitriles is 1. The molecule has 4 nitrogen and oxygen atoms in total. The molecule has 1 aliphatic heterocycles. The highest BCUT2D eigenvalue weighted by Gasteiger charge is 2.23. The van der Waals surface area contributed by atoms with Gasteiger partial charge < -0.3 is 4.57 Å². The molecule has 0 N–H and O–H groups in total. The first-order valence-electron chi connectivity index (χ1n) is 7.45. The van der Waals surface area contributed by atoms with Crippen molar-refractivity contribution in [2.45, 2.75) is 25.3 Å². The normalized spacial score (nSPS) is 19.3. The number of piperidine rings is 1. The number of rotatable bonds is 3. The zero-order chi connectivity index (χ0) is 14.7. The van der Waals surface area contributed by atoms with Gasteiger partial charge in [-0.05, 0) is 37.1 Å². The SMILES string of the molecule is Cn1ccnc1[C@@H]1CCCN(Cc2cccc(C#N)c2)C1. The van der Waals surface area contributed by atoms with Crippen molar-refractivity contribution in [2.75, 3.05) is 13.1 Å². The third kappa shape index (κ3) is 3.14. The molecule has 0 bridgehead atoms. The molecule has 2 aromatic rings. The maximum absolute atomic E-state index is 8.99. The van der Waals surface area contributed by atoms with Crippen LogP contribution in [0.25, 0.3) is 0 Å². The van der Waals surface area contributed by atoms with Gasteiger partial charge in [-0.3, -0.25) is 4.90 Å². The Bertz CT molecular complexity index is 653. The summed E-state index contributed by atoms with van der Waals surface area (Å²) in [6.45, 7) is 3.08. The van der Waals surface area contributed by atoms with Gasteiger partial charge in [0, 0.05) is 38.4 Å². The highest BCUT2D eigenvalue weighted by molar-refractivity contribution is 5.32. The van der Waals surface area contributed by atoms with Crippen LogP contribution < -0.4 is 0 Å². The van der Waals surface area contributed by atoms with Crippen molar-refractivity contribution in [2.24, 2.45) is 7.05 Å². The Morgan fingerprint density at radius 1 is 1.43 bits per heavy atom. The van der Waals surface area contributed by atoms with E-state index in [1.165, 1.54) is 24.2 Å². The van der Waals surface area contributed by atoms with E-state index in [2.05, 4.69) is 33.6 Å². The summed E-state index contributed by atoms with van der Waals surface area (Å²) in [4.78, 5) is 6.97. The summed E-state index contributed by atoms with van der Waals surface area (Å²) in [5.74, 6) is 1.70. The zero-order valence-corrected chi connectivity index (χ0v) is 12.4. The molecule has 0 spiro atoms. The van der Waals surface area contributed by atoms with Crippen LogP contribution in [0.4, 0.5) is 0 Å². The fourth-order valence-corrected chi connectivity index (χ4v) is 3.18. The molecule has 0 unspecified atom stereocenters. The molecule has 2 heterocycles. The highest BCUT2D eigenvalue weighted by atomic mass is 15.1. The number of aryl methyl sites for hydroxylation is 1. The summed E-state index contributed by atoms with van der Waals surface area (Å²) in [6.07, 6.45) is 6.31. The van der Waals surface area contributed by atoms with Gasteiger partial charge in [-0.2, -0.15) is 5.26 Å². The highest BCUT2D eigenvalue weighted by Crippen LogP contribution is 2.26. The van der Waals surface area contributed by atoms with Crippen molar-refractivity contribution >= 4 is 0 Å². The van der Waals surface area contributed by atoms with E-state index in [1.54, 1.807) is 0 Å². The van der Waals surface area contributed by atoms with E-state index in [9.17, 15) is 0 Å². The van der Waals surface area contributed by atoms with E-state index in [0.29, 0.717) is 5.92 Å². The summed E-state index contributed by atoms with van der Waals surface area (Å²) < 4.78 is 2.13. The second-order valence-corrected chi connectivity index (χ2v) is 5.78. The summed E-state index contributed by atoms with van der Waals surface area (Å²) in [6, 6.07) is 10.1. The molecule has 0 amide bonds. The van der Waals surface area contributed by atoms with Crippen molar-refractivity contribution in [3.05, 3.63) is 53.6 Å². The van der Waals surface area contributed by atoms with Gasteiger partial charge >= 0.3 is 0 Å². The predicted octanol–water partition coefficient (Wildman–Crippen LogP) is 2.67. The summed E-state index contributed by atoms with van der Waals surface area (Å²) in [5, 5.41) is 8.99. The summed E-state index contributed by atoms with van der Waals surface area (Å²) in [5.41, 5.74) is 1.96. The molecule has 1 saturated heterocycles. The Kier molecular flexibility index (Phi) is 4.03. The average molecular weight is 280 g/mol. The van der Waals surface area contributed by atoms with Crippen molar-refractivity contribution < 1.29 is 0 Å². The standard InChI is InChI=1S/C17H20N4/c1-20-9-7-19-17(20)16-6-3-8-21(13-16)12-15-5-2-4-14(10-15)11-18/h2,4-5,7,9-10,16H,3,6,8,12-13H2,1H3/t16-/m1/s1. The van der Waals surface area contributed by atoms with Crippen molar-refractivity contribution in [1.29, 1.82) is 5.26 Å². The number of aromatic nitrogens is 2. The van der Waals surface area contributed by atoms with Crippen LogP contribution in [-0.2, 0) is 13.6 Å². The second kappa shape index (κ2) is 6.11. The van der Waals surface area contributed by atoms with Crippen molar-refractivity contribution in [1.82, 2.24) is 14.5 Å². The van der Waals surface area contributed by atoms with E-state index >= 15 is 0 Å². The third-order valence-electron chi connectivity index (χ3n) is 4.19. The first kappa shape index (κ1) is 13.8. The van der Waals surface area contributed by atoms with Gasteiger partial charge in [0.05, 0.1) is 11.6 Å². The van der Waals surface area contributed by atoms with Crippen LogP contribution in [0.15, 0.2) is 36.7 Å². The van der Waals surface area contributed by atoms with E-state index in [0.717, 1.165) is 25.2 Å². The van der Waals surface area contributed by atoms with E-state index < -0.39 is 0 Å². The van der Waals surface area contributed by atoms with Gasteiger partial charge in [-0.25, -0.2) is 4.98 Å². The maximum atomic E-state index is 8.99. The van der Waals surface area contributed by atoms with Crippen molar-refractivity contribution in [3.63, 3.8) is 0 Å². The van der Waals surface area contributed by atoms with Gasteiger partial charge in [-0.15, -0.1) is 0 Å². The number of nitrogens with zero attached hydrogens (tertiary/aromatic N) is 4. The molecule has 1 atom stereocenters. The molecule has 1 aromatic carbocycles. The van der Waals surface area contributed by atoms with Crippen LogP contribution in [-0.4, -0.2) is 27.5 Å². The number of benzene rings is 1. The third-order valence-corrected chi connectivity index (χ3v) is 4.19. The molecule has 0 radical (unpaired) electrons. The molecule has 1 fully saturated rings. The van der Waals surface area contributed by atoms with Gasteiger partial charge in [-0.1, -0.05) is 12.1 Å². The lowest BCUT2D eigenvalue weighted by Crippen LogP contribution is -2.34. The fourth-order valence-electron chi connectivity index (χ4n) is 3.18. The van der Waals surface area contributed by atoms with E-state index in [-0.39, 0.29) is 0 Å². The minimum Gasteiger partial charge on any atom is -0.338 e. The van der Waals surface area contributed by atoms with Crippen LogP contribution in [0.3, 0.4) is 0 Å². The lowest BCUT2D eigenvalue weighted by atomic mass is 9.96. The minimum atomic E-state index is 0.512. The lowest BCUT2D eigenvalue weighted by Gasteiger charge is -2.32. The first-order chi connectivity index (χ1) is 10.3. The van der Waals surface area contributed by atoms with Gasteiger partial charge in [0.25, 0.3) is 0 Å². The topological polar surface area (TPSA) is 44.9 Å². The average Bonchev–Trinajstić information content (AvgIpc) is 2.94. The molecular formula is C17H20N4. The monoisotopic (exact) mass is 280 g/mol. The minimum absolute atomic E-state index is 0.512. The van der Waals surface area contributed by atoms with E-state index in [4.69, 9.17) is 5.26 Å². The molecule has 1 aromatic heterocycles. The Balaban J connectivity index is 1.69. The molecule has 3 rings (SSSR count). The molecule has 21 heavy (non-hydrogen) atoms. The number of imidazole rings is 1. The fraction of sp³-hybridized carbons (Fsp3) is 0.412. The van der Waals surface area contributed by atoms with Gasteiger partial charge in [0.15, 0.2) is 0 Å². The van der Waals surface area contributed by atoms with Crippen LogP contribution in [0.5, 0.6) is 0 Å². The zero-order valence-electron chi connectivity index (χ0n) is 12.4. The van der Waals surface area contributed by atoms with Crippen LogP contribution in [0.2, 0.25) is 0 Å². The second-order valence-electron chi connectivity index (χ2n) is 5.78. The summed E-state index contributed by atoms with van der Waals surface area (Å²) in [7, 11) is 2.07. The predicted molar refractivity (Wildman–Crippen MR) is 81.6 cm³/mol. The van der Waals surface area contributed by atoms with Crippen LogP contribution in [0.1, 0.15) is 35.7 Å². The molecule has 108 valence electrons. The molecule has 1 aliphatic rings. The molecule has 0 aliphatic carbocycles. The summed E-state index contributed by atoms with van der Waals surface area (Å²) >= 11 is 0. The van der Waals surface area contributed by atoms with Crippen molar-refractivity contribution in [3.8, 4) is 6.07 Å². The van der Waals surface area contributed by atoms with Crippen LogP contribution in [0, 0.1) is 11.3 Å². The Hall–Kier alpha value is -2.12. The first-order valence-corrected chi connectivity index (χ1v) is 7.45. The Labute approximate surface area is 125 Å². The van der Waals surface area contributed by atoms with Crippen LogP contribution >= 0.6 is 0 Å². The van der Waals surface area contributed by atoms with E-state index in [1.807, 2.05) is 30.6 Å². The smallest absolute Gasteiger partial charge is 0.112 e. The quantitative estimate of drug-likeness (QED) is 0.868. The number of hydrogen-bond donors (Lipinski definition) is 0. The Morgan fingerprint density at radius 2 is 2.33 bits per heavy atom. The molecular weight excluding hydrogens is 260 g/mol. The molecule has 4 heteroatoms. The molecule has 0 saturated carbocycles. The Morgan fingerprint density at radius 3 is 3.10 bits per heavy atom.